The third-order valence-electron chi connectivity index (χ3n) is 5.63. The fraction of sp³-hybridized carbons (Fsp3) is 0.500. The molecule has 186 valence electrons. The molecule has 0 radical (unpaired) electrons. The SMILES string of the molecule is CCCCn1c(N)c(N(Cc2ccccc2)C(=O)CN(C)CC(=O)N(CC)CC)c(=O)[nH]c1=O. The molecule has 10 heteroatoms. The molecule has 2 rings (SSSR count). The molecule has 0 fully saturated rings. The maximum absolute atomic E-state index is 13.4. The highest BCUT2D eigenvalue weighted by Crippen LogP contribution is 2.20. The molecule has 0 aliphatic carbocycles. The molecule has 0 spiro atoms. The zero-order chi connectivity index (χ0) is 25.3. The summed E-state index contributed by atoms with van der Waals surface area (Å²) in [4.78, 5) is 58.0. The van der Waals surface area contributed by atoms with Gasteiger partial charge in [0.25, 0.3) is 5.56 Å². The minimum Gasteiger partial charge on any atom is -0.383 e. The minimum absolute atomic E-state index is 0.0478. The lowest BCUT2D eigenvalue weighted by Crippen LogP contribution is -2.46. The lowest BCUT2D eigenvalue weighted by molar-refractivity contribution is -0.132. The van der Waals surface area contributed by atoms with Gasteiger partial charge in [0, 0.05) is 19.6 Å². The summed E-state index contributed by atoms with van der Waals surface area (Å²) < 4.78 is 1.29. The van der Waals surface area contributed by atoms with Crippen LogP contribution in [0, 0.1) is 0 Å². The van der Waals surface area contributed by atoms with Gasteiger partial charge in [-0.2, -0.15) is 0 Å². The van der Waals surface area contributed by atoms with E-state index in [4.69, 9.17) is 5.73 Å². The number of nitrogens with zero attached hydrogens (tertiary/aromatic N) is 4. The number of rotatable bonds is 12. The first-order valence-corrected chi connectivity index (χ1v) is 11.7. The van der Waals surface area contributed by atoms with Crippen molar-refractivity contribution >= 4 is 23.3 Å². The van der Waals surface area contributed by atoms with E-state index in [1.807, 2.05) is 51.1 Å². The Hall–Kier alpha value is -3.40. The molecule has 0 unspecified atom stereocenters. The molecule has 0 atom stereocenters. The van der Waals surface area contributed by atoms with Crippen LogP contribution in [0.5, 0.6) is 0 Å². The van der Waals surface area contributed by atoms with E-state index in [0.717, 1.165) is 12.0 Å². The van der Waals surface area contributed by atoms with Crippen molar-refractivity contribution in [1.82, 2.24) is 19.4 Å². The number of hydrogen-bond donors (Lipinski definition) is 2. The summed E-state index contributed by atoms with van der Waals surface area (Å²) in [6.45, 7) is 7.33. The van der Waals surface area contributed by atoms with Crippen LogP contribution in [0.3, 0.4) is 0 Å². The number of H-pyrrole nitrogens is 1. The van der Waals surface area contributed by atoms with Crippen LogP contribution in [-0.2, 0) is 22.7 Å². The van der Waals surface area contributed by atoms with Crippen LogP contribution in [0.25, 0.3) is 0 Å². The van der Waals surface area contributed by atoms with E-state index < -0.39 is 17.2 Å². The van der Waals surface area contributed by atoms with Crippen molar-refractivity contribution in [3.63, 3.8) is 0 Å². The van der Waals surface area contributed by atoms with E-state index >= 15 is 0 Å². The summed E-state index contributed by atoms with van der Waals surface area (Å²) in [7, 11) is 1.68. The molecule has 3 N–H and O–H groups in total. The van der Waals surface area contributed by atoms with Crippen LogP contribution >= 0.6 is 0 Å². The Morgan fingerprint density at radius 1 is 1.00 bits per heavy atom. The maximum Gasteiger partial charge on any atom is 0.330 e. The van der Waals surface area contributed by atoms with Gasteiger partial charge in [-0.15, -0.1) is 0 Å². The van der Waals surface area contributed by atoms with Crippen LogP contribution in [0.1, 0.15) is 39.2 Å². The van der Waals surface area contributed by atoms with E-state index in [-0.39, 0.29) is 37.0 Å². The van der Waals surface area contributed by atoms with Crippen LogP contribution in [0.4, 0.5) is 11.5 Å². The molecule has 2 aromatic rings. The number of carbonyl (C=O) groups excluding carboxylic acids is 2. The number of aromatic amines is 1. The van der Waals surface area contributed by atoms with Gasteiger partial charge in [0.2, 0.25) is 11.8 Å². The van der Waals surface area contributed by atoms with Crippen LogP contribution in [0.15, 0.2) is 39.9 Å². The van der Waals surface area contributed by atoms with E-state index in [9.17, 15) is 19.2 Å². The normalized spacial score (nSPS) is 11.0. The molecular formula is C24H36N6O4. The molecule has 0 aliphatic heterocycles. The van der Waals surface area contributed by atoms with E-state index in [1.165, 1.54) is 9.47 Å². The number of unbranched alkanes of at least 4 members (excludes halogenated alkanes) is 1. The van der Waals surface area contributed by atoms with Crippen molar-refractivity contribution in [2.75, 3.05) is 43.9 Å². The van der Waals surface area contributed by atoms with Gasteiger partial charge in [-0.1, -0.05) is 43.7 Å². The predicted molar refractivity (Wildman–Crippen MR) is 134 cm³/mol. The first-order chi connectivity index (χ1) is 16.2. The summed E-state index contributed by atoms with van der Waals surface area (Å²) in [5.74, 6) is -0.537. The molecule has 10 nitrogen and oxygen atoms in total. The Balaban J connectivity index is 2.41. The number of nitrogen functional groups attached to an aromatic ring is 1. The average Bonchev–Trinajstić information content (AvgIpc) is 2.79. The second-order valence-electron chi connectivity index (χ2n) is 8.20. The zero-order valence-corrected chi connectivity index (χ0v) is 20.5. The van der Waals surface area contributed by atoms with E-state index in [2.05, 4.69) is 4.98 Å². The fourth-order valence-electron chi connectivity index (χ4n) is 3.71. The lowest BCUT2D eigenvalue weighted by atomic mass is 10.2. The van der Waals surface area contributed by atoms with Crippen molar-refractivity contribution in [1.29, 1.82) is 0 Å². The summed E-state index contributed by atoms with van der Waals surface area (Å²) in [6.07, 6.45) is 1.52. The number of anilines is 2. The van der Waals surface area contributed by atoms with Crippen LogP contribution < -0.4 is 21.9 Å². The van der Waals surface area contributed by atoms with Crippen LogP contribution in [-0.4, -0.2) is 64.4 Å². The summed E-state index contributed by atoms with van der Waals surface area (Å²) in [5, 5.41) is 0. The van der Waals surface area contributed by atoms with Gasteiger partial charge in [0.1, 0.15) is 5.82 Å². The van der Waals surface area contributed by atoms with Gasteiger partial charge < -0.3 is 10.6 Å². The third-order valence-corrected chi connectivity index (χ3v) is 5.63. The molecule has 1 aromatic carbocycles. The lowest BCUT2D eigenvalue weighted by Gasteiger charge is -2.27. The molecule has 34 heavy (non-hydrogen) atoms. The number of aromatic nitrogens is 2. The molecule has 0 bridgehead atoms. The standard InChI is InChI=1S/C24H36N6O4/c1-5-8-14-29-22(25)21(23(33)26-24(29)34)30(15-18-12-10-9-11-13-18)20(32)17-27(4)16-19(31)28(6-2)7-3/h9-13H,5-8,14-17,25H2,1-4H3,(H,26,33,34). The quantitative estimate of drug-likeness (QED) is 0.479. The van der Waals surface area contributed by atoms with Gasteiger partial charge in [0.05, 0.1) is 19.6 Å². The topological polar surface area (TPSA) is 125 Å². The molecule has 0 aliphatic rings. The third kappa shape index (κ3) is 6.80. The molecule has 1 aromatic heterocycles. The van der Waals surface area contributed by atoms with Crippen molar-refractivity contribution in [3.8, 4) is 0 Å². The van der Waals surface area contributed by atoms with Gasteiger partial charge in [-0.05, 0) is 32.9 Å². The number of amides is 2. The van der Waals surface area contributed by atoms with Gasteiger partial charge in [0.15, 0.2) is 5.69 Å². The minimum atomic E-state index is -0.721. The Bertz CT molecular complexity index is 1080. The highest BCUT2D eigenvalue weighted by molar-refractivity contribution is 5.97. The maximum atomic E-state index is 13.4. The van der Waals surface area contributed by atoms with Gasteiger partial charge >= 0.3 is 5.69 Å². The average molecular weight is 473 g/mol. The number of nitrogens with one attached hydrogen (secondary N) is 1. The molecular weight excluding hydrogens is 436 g/mol. The number of likely N-dealkylation sites (N-methyl/N-ethyl adjacent to an activating group) is 2. The number of benzene rings is 1. The summed E-state index contributed by atoms with van der Waals surface area (Å²) in [6, 6.07) is 9.20. The van der Waals surface area contributed by atoms with Gasteiger partial charge in [-0.3, -0.25) is 33.7 Å². The number of carbonyl (C=O) groups is 2. The van der Waals surface area contributed by atoms with Crippen LogP contribution in [0.2, 0.25) is 0 Å². The summed E-state index contributed by atoms with van der Waals surface area (Å²) in [5.41, 5.74) is 5.69. The van der Waals surface area contributed by atoms with Crippen molar-refractivity contribution in [2.24, 2.45) is 0 Å². The highest BCUT2D eigenvalue weighted by Gasteiger charge is 2.26. The Kier molecular flexibility index (Phi) is 10.1. The first kappa shape index (κ1) is 26.8. The van der Waals surface area contributed by atoms with Gasteiger partial charge in [-0.25, -0.2) is 4.79 Å². The van der Waals surface area contributed by atoms with Crippen molar-refractivity contribution in [2.45, 2.75) is 46.7 Å². The Labute approximate surface area is 200 Å². The zero-order valence-electron chi connectivity index (χ0n) is 20.5. The second kappa shape index (κ2) is 12.7. The summed E-state index contributed by atoms with van der Waals surface area (Å²) >= 11 is 0. The molecule has 0 saturated carbocycles. The number of nitrogens with two attached hydrogens (primary N) is 1. The van der Waals surface area contributed by atoms with Crippen molar-refractivity contribution in [3.05, 3.63) is 56.7 Å². The number of hydrogen-bond acceptors (Lipinski definition) is 6. The smallest absolute Gasteiger partial charge is 0.330 e. The Morgan fingerprint density at radius 2 is 1.62 bits per heavy atom. The first-order valence-electron chi connectivity index (χ1n) is 11.7. The monoisotopic (exact) mass is 472 g/mol. The van der Waals surface area contributed by atoms with E-state index in [1.54, 1.807) is 16.8 Å². The largest absolute Gasteiger partial charge is 0.383 e. The predicted octanol–water partition coefficient (Wildman–Crippen LogP) is 1.25. The second-order valence-corrected chi connectivity index (χ2v) is 8.20. The fourth-order valence-corrected chi connectivity index (χ4v) is 3.71. The molecule has 2 amide bonds. The molecule has 0 saturated heterocycles. The van der Waals surface area contributed by atoms with E-state index in [0.29, 0.717) is 26.1 Å². The Morgan fingerprint density at radius 3 is 2.21 bits per heavy atom. The molecule has 1 heterocycles. The highest BCUT2D eigenvalue weighted by atomic mass is 16.2. The van der Waals surface area contributed by atoms with Crippen molar-refractivity contribution < 1.29 is 9.59 Å².